The first-order chi connectivity index (χ1) is 12.6. The van der Waals surface area contributed by atoms with E-state index in [1.54, 1.807) is 7.11 Å². The molecule has 0 aliphatic carbocycles. The van der Waals surface area contributed by atoms with Gasteiger partial charge >= 0.3 is 0 Å². The van der Waals surface area contributed by atoms with Crippen LogP contribution in [0.1, 0.15) is 43.7 Å². The smallest absolute Gasteiger partial charge is 0.220 e. The molecule has 0 spiro atoms. The van der Waals surface area contributed by atoms with Crippen molar-refractivity contribution in [3.8, 4) is 5.75 Å². The second-order valence-electron chi connectivity index (χ2n) is 7.37. The highest BCUT2D eigenvalue weighted by Crippen LogP contribution is 2.23. The number of carbonyl (C=O) groups is 1. The van der Waals surface area contributed by atoms with Crippen LogP contribution in [0.5, 0.6) is 5.75 Å². The summed E-state index contributed by atoms with van der Waals surface area (Å²) in [6.07, 6.45) is 3.87. The van der Waals surface area contributed by atoms with E-state index in [4.69, 9.17) is 9.47 Å². The summed E-state index contributed by atoms with van der Waals surface area (Å²) in [4.78, 5) is 12.4. The predicted molar refractivity (Wildman–Crippen MR) is 104 cm³/mol. The average Bonchev–Trinajstić information content (AvgIpc) is 2.65. The first kappa shape index (κ1) is 20.7. The van der Waals surface area contributed by atoms with Crippen molar-refractivity contribution in [3.05, 3.63) is 29.3 Å². The lowest BCUT2D eigenvalue weighted by atomic mass is 9.85. The van der Waals surface area contributed by atoms with Crippen molar-refractivity contribution in [1.29, 1.82) is 0 Å². The van der Waals surface area contributed by atoms with Crippen molar-refractivity contribution in [2.75, 3.05) is 33.4 Å². The minimum Gasteiger partial charge on any atom is -0.493 e. The molecule has 0 radical (unpaired) electrons. The number of benzene rings is 1. The predicted octanol–water partition coefficient (Wildman–Crippen LogP) is 3.05. The minimum absolute atomic E-state index is 0.119. The second-order valence-corrected chi connectivity index (χ2v) is 7.37. The topological polar surface area (TPSA) is 59.6 Å². The Morgan fingerprint density at radius 2 is 2.23 bits per heavy atom. The SMILES string of the molecule is COCCCOc1cc(C)ccc1CNC(=O)CC(C)C1CCCNC1. The van der Waals surface area contributed by atoms with E-state index in [1.165, 1.54) is 12.8 Å². The molecule has 1 aliphatic heterocycles. The summed E-state index contributed by atoms with van der Waals surface area (Å²) in [6.45, 7) is 8.18. The van der Waals surface area contributed by atoms with Crippen LogP contribution in [-0.2, 0) is 16.1 Å². The summed E-state index contributed by atoms with van der Waals surface area (Å²) in [5.41, 5.74) is 2.17. The number of amides is 1. The number of aryl methyl sites for hydroxylation is 1. The highest BCUT2D eigenvalue weighted by Gasteiger charge is 2.22. The Bertz CT molecular complexity index is 556. The Morgan fingerprint density at radius 3 is 2.96 bits per heavy atom. The molecule has 0 aromatic heterocycles. The van der Waals surface area contributed by atoms with E-state index in [0.717, 1.165) is 36.4 Å². The van der Waals surface area contributed by atoms with Gasteiger partial charge in [0, 0.05) is 38.7 Å². The normalized spacial score (nSPS) is 18.3. The van der Waals surface area contributed by atoms with Gasteiger partial charge in [-0.15, -0.1) is 0 Å². The summed E-state index contributed by atoms with van der Waals surface area (Å²) in [5, 5.41) is 6.50. The van der Waals surface area contributed by atoms with Crippen molar-refractivity contribution in [2.24, 2.45) is 11.8 Å². The zero-order chi connectivity index (χ0) is 18.8. The Labute approximate surface area is 157 Å². The molecule has 2 rings (SSSR count). The molecule has 1 aromatic carbocycles. The van der Waals surface area contributed by atoms with Crippen LogP contribution in [0.3, 0.4) is 0 Å². The third kappa shape index (κ3) is 6.96. The maximum absolute atomic E-state index is 12.4. The summed E-state index contributed by atoms with van der Waals surface area (Å²) >= 11 is 0. The van der Waals surface area contributed by atoms with Gasteiger partial charge in [-0.25, -0.2) is 0 Å². The van der Waals surface area contributed by atoms with E-state index in [0.29, 0.717) is 38.0 Å². The fourth-order valence-corrected chi connectivity index (χ4v) is 3.42. The van der Waals surface area contributed by atoms with Gasteiger partial charge in [0.05, 0.1) is 6.61 Å². The van der Waals surface area contributed by atoms with Gasteiger partial charge in [-0.1, -0.05) is 19.1 Å². The molecular weight excluding hydrogens is 328 g/mol. The monoisotopic (exact) mass is 362 g/mol. The van der Waals surface area contributed by atoms with Gasteiger partial charge < -0.3 is 20.1 Å². The molecule has 1 amide bonds. The molecule has 1 heterocycles. The quantitative estimate of drug-likeness (QED) is 0.628. The number of ether oxygens (including phenoxy) is 2. The van der Waals surface area contributed by atoms with Crippen LogP contribution >= 0.6 is 0 Å². The molecule has 1 aliphatic rings. The Kier molecular flexibility index (Phi) is 8.92. The zero-order valence-electron chi connectivity index (χ0n) is 16.5. The van der Waals surface area contributed by atoms with Crippen LogP contribution in [0.2, 0.25) is 0 Å². The summed E-state index contributed by atoms with van der Waals surface area (Å²) in [6, 6.07) is 6.13. The maximum atomic E-state index is 12.4. The van der Waals surface area contributed by atoms with E-state index in [2.05, 4.69) is 23.6 Å². The second kappa shape index (κ2) is 11.2. The van der Waals surface area contributed by atoms with Crippen molar-refractivity contribution in [1.82, 2.24) is 10.6 Å². The first-order valence-electron chi connectivity index (χ1n) is 9.79. The Morgan fingerprint density at radius 1 is 1.38 bits per heavy atom. The number of hydrogen-bond acceptors (Lipinski definition) is 4. The summed E-state index contributed by atoms with van der Waals surface area (Å²) < 4.78 is 10.9. The molecule has 0 saturated carbocycles. The molecule has 26 heavy (non-hydrogen) atoms. The molecule has 2 atom stereocenters. The van der Waals surface area contributed by atoms with E-state index in [1.807, 2.05) is 19.1 Å². The van der Waals surface area contributed by atoms with E-state index < -0.39 is 0 Å². The van der Waals surface area contributed by atoms with Crippen LogP contribution < -0.4 is 15.4 Å². The summed E-state index contributed by atoms with van der Waals surface area (Å²) in [7, 11) is 1.69. The van der Waals surface area contributed by atoms with Crippen molar-refractivity contribution in [2.45, 2.75) is 46.1 Å². The number of piperidine rings is 1. The molecule has 0 bridgehead atoms. The number of rotatable bonds is 10. The van der Waals surface area contributed by atoms with Crippen LogP contribution in [-0.4, -0.2) is 39.3 Å². The number of methoxy groups -OCH3 is 1. The third-order valence-corrected chi connectivity index (χ3v) is 5.10. The standard InChI is InChI=1S/C21H34N2O3/c1-16-7-8-19(20(12-16)26-11-5-10-25-3)15-23-21(24)13-17(2)18-6-4-9-22-14-18/h7-8,12,17-18,22H,4-6,9-11,13-15H2,1-3H3,(H,23,24). The lowest BCUT2D eigenvalue weighted by Crippen LogP contribution is -2.35. The molecular formula is C21H34N2O3. The largest absolute Gasteiger partial charge is 0.493 e. The van der Waals surface area contributed by atoms with Gasteiger partial charge in [0.25, 0.3) is 0 Å². The van der Waals surface area contributed by atoms with Gasteiger partial charge in [0.2, 0.25) is 5.91 Å². The van der Waals surface area contributed by atoms with Gasteiger partial charge in [0.15, 0.2) is 0 Å². The lowest BCUT2D eigenvalue weighted by molar-refractivity contribution is -0.122. The number of hydrogen-bond donors (Lipinski definition) is 2. The molecule has 5 heteroatoms. The maximum Gasteiger partial charge on any atom is 0.220 e. The fourth-order valence-electron chi connectivity index (χ4n) is 3.42. The van der Waals surface area contributed by atoms with Gasteiger partial charge in [-0.3, -0.25) is 4.79 Å². The average molecular weight is 363 g/mol. The van der Waals surface area contributed by atoms with E-state index >= 15 is 0 Å². The molecule has 2 N–H and O–H groups in total. The molecule has 146 valence electrons. The molecule has 1 fully saturated rings. The van der Waals surface area contributed by atoms with Crippen molar-refractivity contribution >= 4 is 5.91 Å². The lowest BCUT2D eigenvalue weighted by Gasteiger charge is -2.28. The number of nitrogens with one attached hydrogen (secondary N) is 2. The molecule has 5 nitrogen and oxygen atoms in total. The van der Waals surface area contributed by atoms with Gasteiger partial charge in [-0.2, -0.15) is 0 Å². The molecule has 1 saturated heterocycles. The van der Waals surface area contributed by atoms with Gasteiger partial charge in [0.1, 0.15) is 5.75 Å². The van der Waals surface area contributed by atoms with Crippen molar-refractivity contribution < 1.29 is 14.3 Å². The highest BCUT2D eigenvalue weighted by molar-refractivity contribution is 5.76. The van der Waals surface area contributed by atoms with Gasteiger partial charge in [-0.05, 0) is 56.3 Å². The molecule has 1 aromatic rings. The first-order valence-corrected chi connectivity index (χ1v) is 9.79. The fraction of sp³-hybridized carbons (Fsp3) is 0.667. The Hall–Kier alpha value is -1.59. The van der Waals surface area contributed by atoms with E-state index in [9.17, 15) is 4.79 Å². The third-order valence-electron chi connectivity index (χ3n) is 5.10. The zero-order valence-corrected chi connectivity index (χ0v) is 16.5. The van der Waals surface area contributed by atoms with Crippen LogP contribution in [0.15, 0.2) is 18.2 Å². The molecule has 2 unspecified atom stereocenters. The van der Waals surface area contributed by atoms with Crippen LogP contribution in [0.25, 0.3) is 0 Å². The van der Waals surface area contributed by atoms with Crippen LogP contribution in [0.4, 0.5) is 0 Å². The highest BCUT2D eigenvalue weighted by atomic mass is 16.5. The van der Waals surface area contributed by atoms with Crippen LogP contribution in [0, 0.1) is 18.8 Å². The van der Waals surface area contributed by atoms with Crippen molar-refractivity contribution in [3.63, 3.8) is 0 Å². The minimum atomic E-state index is 0.119. The number of carbonyl (C=O) groups excluding carboxylic acids is 1. The Balaban J connectivity index is 1.82. The van der Waals surface area contributed by atoms with E-state index in [-0.39, 0.29) is 5.91 Å². The summed E-state index contributed by atoms with van der Waals surface area (Å²) in [5.74, 6) is 1.99.